The van der Waals surface area contributed by atoms with E-state index in [0.29, 0.717) is 11.5 Å². The molecular formula is C16H23NO4. The van der Waals surface area contributed by atoms with Crippen LogP contribution in [-0.2, 0) is 6.42 Å². The number of aromatic carboxylic acids is 1. The second kappa shape index (κ2) is 6.35. The van der Waals surface area contributed by atoms with Gasteiger partial charge in [0.2, 0.25) is 0 Å². The first kappa shape index (κ1) is 15.6. The van der Waals surface area contributed by atoms with Crippen LogP contribution in [0, 0.1) is 0 Å². The maximum atomic E-state index is 11.5. The van der Waals surface area contributed by atoms with Crippen LogP contribution in [0.2, 0.25) is 0 Å². The number of likely N-dealkylation sites (N-methyl/N-ethyl adjacent to an activating group) is 1. The molecule has 0 radical (unpaired) electrons. The molecule has 1 aliphatic heterocycles. The summed E-state index contributed by atoms with van der Waals surface area (Å²) >= 11 is 0. The van der Waals surface area contributed by atoms with Crippen LogP contribution in [0.3, 0.4) is 0 Å². The zero-order valence-corrected chi connectivity index (χ0v) is 13.1. The third-order valence-corrected chi connectivity index (χ3v) is 4.26. The number of rotatable bonds is 5. The lowest BCUT2D eigenvalue weighted by Crippen LogP contribution is -2.35. The Bertz CT molecular complexity index is 542. The summed E-state index contributed by atoms with van der Waals surface area (Å²) in [5, 5.41) is 9.39. The van der Waals surface area contributed by atoms with Crippen LogP contribution < -0.4 is 9.47 Å². The molecule has 1 atom stereocenters. The van der Waals surface area contributed by atoms with Crippen molar-refractivity contribution in [2.45, 2.75) is 32.7 Å². The number of carbonyl (C=O) groups is 1. The maximum Gasteiger partial charge on any atom is 0.339 e. The minimum atomic E-state index is -0.987. The molecule has 1 aromatic rings. The molecule has 116 valence electrons. The molecule has 5 nitrogen and oxygen atoms in total. The van der Waals surface area contributed by atoms with E-state index in [0.717, 1.165) is 37.1 Å². The van der Waals surface area contributed by atoms with Gasteiger partial charge in [-0.05, 0) is 25.5 Å². The average molecular weight is 293 g/mol. The predicted octanol–water partition coefficient (Wildman–Crippen LogP) is 2.73. The van der Waals surface area contributed by atoms with Gasteiger partial charge in [-0.25, -0.2) is 4.79 Å². The lowest BCUT2D eigenvalue weighted by atomic mass is 9.87. The van der Waals surface area contributed by atoms with Crippen LogP contribution in [0.15, 0.2) is 6.07 Å². The highest BCUT2D eigenvalue weighted by Gasteiger charge is 2.33. The van der Waals surface area contributed by atoms with Crippen LogP contribution in [-0.4, -0.2) is 43.3 Å². The van der Waals surface area contributed by atoms with Gasteiger partial charge in [-0.15, -0.1) is 0 Å². The van der Waals surface area contributed by atoms with Gasteiger partial charge in [0.15, 0.2) is 0 Å². The highest BCUT2D eigenvalue weighted by molar-refractivity contribution is 5.92. The van der Waals surface area contributed by atoms with Crippen molar-refractivity contribution in [1.82, 2.24) is 4.90 Å². The smallest absolute Gasteiger partial charge is 0.339 e. The van der Waals surface area contributed by atoms with Crippen molar-refractivity contribution in [2.24, 2.45) is 0 Å². The van der Waals surface area contributed by atoms with Gasteiger partial charge in [-0.2, -0.15) is 0 Å². The molecule has 0 aliphatic carbocycles. The Hall–Kier alpha value is -1.75. The van der Waals surface area contributed by atoms with Gasteiger partial charge in [0.25, 0.3) is 0 Å². The minimum Gasteiger partial charge on any atom is -0.496 e. The fourth-order valence-corrected chi connectivity index (χ4v) is 3.32. The van der Waals surface area contributed by atoms with Crippen molar-refractivity contribution in [1.29, 1.82) is 0 Å². The van der Waals surface area contributed by atoms with Crippen LogP contribution in [0.5, 0.6) is 11.5 Å². The van der Waals surface area contributed by atoms with E-state index in [4.69, 9.17) is 9.47 Å². The van der Waals surface area contributed by atoms with E-state index in [1.54, 1.807) is 13.2 Å². The molecule has 0 spiro atoms. The molecule has 0 bridgehead atoms. The standard InChI is InChI=1S/C16H23NO4/c1-5-12-14-10(7-8-17(12)6-2)15(21-4)11(16(18)19)9-13(14)20-3/h9,12H,5-8H2,1-4H3,(H,18,19). The molecule has 1 aromatic carbocycles. The Balaban J connectivity index is 2.70. The Morgan fingerprint density at radius 1 is 1.38 bits per heavy atom. The summed E-state index contributed by atoms with van der Waals surface area (Å²) in [6.07, 6.45) is 1.73. The number of hydrogen-bond acceptors (Lipinski definition) is 4. The summed E-state index contributed by atoms with van der Waals surface area (Å²) in [6, 6.07) is 1.83. The lowest BCUT2D eigenvalue weighted by Gasteiger charge is -2.37. The van der Waals surface area contributed by atoms with Crippen LogP contribution in [0.25, 0.3) is 0 Å². The van der Waals surface area contributed by atoms with E-state index in [1.165, 1.54) is 7.11 Å². The summed E-state index contributed by atoms with van der Waals surface area (Å²) in [4.78, 5) is 13.9. The van der Waals surface area contributed by atoms with Crippen LogP contribution in [0.1, 0.15) is 47.8 Å². The van der Waals surface area contributed by atoms with Gasteiger partial charge in [0.05, 0.1) is 14.2 Å². The molecular weight excluding hydrogens is 270 g/mol. The van der Waals surface area contributed by atoms with Gasteiger partial charge in [-0.3, -0.25) is 4.90 Å². The van der Waals surface area contributed by atoms with Gasteiger partial charge in [0.1, 0.15) is 17.1 Å². The second-order valence-corrected chi connectivity index (χ2v) is 5.16. The number of nitrogens with zero attached hydrogens (tertiary/aromatic N) is 1. The predicted molar refractivity (Wildman–Crippen MR) is 80.5 cm³/mol. The molecule has 0 fully saturated rings. The van der Waals surface area contributed by atoms with Crippen molar-refractivity contribution in [3.05, 3.63) is 22.8 Å². The van der Waals surface area contributed by atoms with E-state index in [1.807, 2.05) is 0 Å². The van der Waals surface area contributed by atoms with E-state index >= 15 is 0 Å². The maximum absolute atomic E-state index is 11.5. The number of ether oxygens (including phenoxy) is 2. The largest absolute Gasteiger partial charge is 0.496 e. The Morgan fingerprint density at radius 3 is 2.57 bits per heavy atom. The number of hydrogen-bond donors (Lipinski definition) is 1. The van der Waals surface area contributed by atoms with Crippen molar-refractivity contribution in [3.63, 3.8) is 0 Å². The lowest BCUT2D eigenvalue weighted by molar-refractivity contribution is 0.0692. The van der Waals surface area contributed by atoms with Crippen LogP contribution in [0.4, 0.5) is 0 Å². The van der Waals surface area contributed by atoms with Gasteiger partial charge >= 0.3 is 5.97 Å². The molecule has 1 heterocycles. The average Bonchev–Trinajstić information content (AvgIpc) is 2.51. The summed E-state index contributed by atoms with van der Waals surface area (Å²) in [5.74, 6) is 0.139. The molecule has 1 aliphatic rings. The first-order chi connectivity index (χ1) is 10.1. The van der Waals surface area contributed by atoms with Crippen molar-refractivity contribution < 1.29 is 19.4 Å². The fourth-order valence-electron chi connectivity index (χ4n) is 3.32. The molecule has 0 saturated heterocycles. The zero-order chi connectivity index (χ0) is 15.6. The molecule has 1 unspecified atom stereocenters. The van der Waals surface area contributed by atoms with Gasteiger partial charge in [-0.1, -0.05) is 13.8 Å². The highest BCUT2D eigenvalue weighted by atomic mass is 16.5. The fraction of sp³-hybridized carbons (Fsp3) is 0.562. The number of methoxy groups -OCH3 is 2. The molecule has 1 N–H and O–H groups in total. The Kier molecular flexibility index (Phi) is 4.73. The van der Waals surface area contributed by atoms with Crippen molar-refractivity contribution >= 4 is 5.97 Å². The normalized spacial score (nSPS) is 18.2. The minimum absolute atomic E-state index is 0.174. The number of carboxylic acids is 1. The van der Waals surface area contributed by atoms with E-state index in [2.05, 4.69) is 18.7 Å². The summed E-state index contributed by atoms with van der Waals surface area (Å²) in [7, 11) is 3.12. The number of benzene rings is 1. The monoisotopic (exact) mass is 293 g/mol. The van der Waals surface area contributed by atoms with E-state index in [-0.39, 0.29) is 11.6 Å². The quantitative estimate of drug-likeness (QED) is 0.904. The topological polar surface area (TPSA) is 59.0 Å². The SMILES string of the molecule is CCC1c2c(OC)cc(C(=O)O)c(OC)c2CCN1CC. The second-order valence-electron chi connectivity index (χ2n) is 5.16. The third-order valence-electron chi connectivity index (χ3n) is 4.26. The van der Waals surface area contributed by atoms with E-state index in [9.17, 15) is 9.90 Å². The Morgan fingerprint density at radius 2 is 2.10 bits per heavy atom. The van der Waals surface area contributed by atoms with Gasteiger partial charge in [0, 0.05) is 23.7 Å². The Labute approximate surface area is 125 Å². The zero-order valence-electron chi connectivity index (χ0n) is 13.1. The van der Waals surface area contributed by atoms with E-state index < -0.39 is 5.97 Å². The first-order valence-corrected chi connectivity index (χ1v) is 7.34. The van der Waals surface area contributed by atoms with Crippen molar-refractivity contribution in [3.8, 4) is 11.5 Å². The molecule has 0 aromatic heterocycles. The van der Waals surface area contributed by atoms with Crippen LogP contribution >= 0.6 is 0 Å². The summed E-state index contributed by atoms with van der Waals surface area (Å²) in [6.45, 7) is 6.15. The van der Waals surface area contributed by atoms with Gasteiger partial charge < -0.3 is 14.6 Å². The third kappa shape index (κ3) is 2.58. The molecule has 2 rings (SSSR count). The molecule has 5 heteroatoms. The summed E-state index contributed by atoms with van der Waals surface area (Å²) in [5.41, 5.74) is 2.23. The van der Waals surface area contributed by atoms with Crippen molar-refractivity contribution in [2.75, 3.05) is 27.3 Å². The molecule has 0 saturated carbocycles. The molecule has 21 heavy (non-hydrogen) atoms. The highest BCUT2D eigenvalue weighted by Crippen LogP contribution is 2.44. The first-order valence-electron chi connectivity index (χ1n) is 7.34. The summed E-state index contributed by atoms with van der Waals surface area (Å²) < 4.78 is 10.9. The number of carboxylic acid groups (broad SMARTS) is 1. The number of fused-ring (bicyclic) bond motifs is 1. The molecule has 0 amide bonds.